The van der Waals surface area contributed by atoms with E-state index < -0.39 is 0 Å². The molecule has 2 N–H and O–H groups in total. The molecule has 0 aliphatic carbocycles. The zero-order valence-corrected chi connectivity index (χ0v) is 9.16. The highest BCUT2D eigenvalue weighted by atomic mass is 16.1. The molecule has 0 amide bonds. The van der Waals surface area contributed by atoms with Gasteiger partial charge in [0.2, 0.25) is 0 Å². The normalized spacial score (nSPS) is 10.3. The summed E-state index contributed by atoms with van der Waals surface area (Å²) >= 11 is 0. The van der Waals surface area contributed by atoms with Gasteiger partial charge in [-0.1, -0.05) is 36.4 Å². The first kappa shape index (κ1) is 10.6. The molecule has 0 bridgehead atoms. The highest BCUT2D eigenvalue weighted by Crippen LogP contribution is 2.14. The largest absolute Gasteiger partial charge is 0.322 e. The molecule has 82 valence electrons. The number of hydrogen-bond acceptors (Lipinski definition) is 2. The highest BCUT2D eigenvalue weighted by Gasteiger charge is 2.01. The molecule has 0 fully saturated rings. The van der Waals surface area contributed by atoms with Gasteiger partial charge in [-0.3, -0.25) is 4.79 Å². The van der Waals surface area contributed by atoms with Crippen molar-refractivity contribution in [2.45, 2.75) is 6.54 Å². The first-order valence-electron chi connectivity index (χ1n) is 5.23. The van der Waals surface area contributed by atoms with Gasteiger partial charge < -0.3 is 10.3 Å². The summed E-state index contributed by atoms with van der Waals surface area (Å²) in [5.74, 6) is 0. The van der Waals surface area contributed by atoms with E-state index in [1.54, 1.807) is 0 Å². The molecular weight excluding hydrogens is 200 g/mol. The van der Waals surface area contributed by atoms with Gasteiger partial charge in [-0.05, 0) is 18.7 Å². The van der Waals surface area contributed by atoms with Gasteiger partial charge in [0.1, 0.15) is 0 Å². The zero-order valence-electron chi connectivity index (χ0n) is 9.16. The standard InChI is InChI=1S/C13H14N2O/c1-14-9-11-7-8-12(15-13(11)16)10-5-3-2-4-6-10/h2-8,14H,9H2,1H3,(H,15,16). The lowest BCUT2D eigenvalue weighted by atomic mass is 10.1. The predicted octanol–water partition coefficient (Wildman–Crippen LogP) is 1.76. The minimum Gasteiger partial charge on any atom is -0.322 e. The lowest BCUT2D eigenvalue weighted by molar-refractivity contribution is 0.805. The quantitative estimate of drug-likeness (QED) is 0.817. The van der Waals surface area contributed by atoms with Crippen LogP contribution >= 0.6 is 0 Å². The summed E-state index contributed by atoms with van der Waals surface area (Å²) in [4.78, 5) is 14.6. The van der Waals surface area contributed by atoms with E-state index >= 15 is 0 Å². The van der Waals surface area contributed by atoms with Gasteiger partial charge in [-0.15, -0.1) is 0 Å². The Labute approximate surface area is 94.1 Å². The second kappa shape index (κ2) is 4.77. The number of aromatic amines is 1. The van der Waals surface area contributed by atoms with Crippen molar-refractivity contribution >= 4 is 0 Å². The van der Waals surface area contributed by atoms with Crippen molar-refractivity contribution in [1.29, 1.82) is 0 Å². The van der Waals surface area contributed by atoms with E-state index in [4.69, 9.17) is 0 Å². The van der Waals surface area contributed by atoms with Crippen LogP contribution in [0.25, 0.3) is 11.3 Å². The number of pyridine rings is 1. The monoisotopic (exact) mass is 214 g/mol. The first-order chi connectivity index (χ1) is 7.81. The minimum absolute atomic E-state index is 0.0318. The molecule has 0 aliphatic rings. The Morgan fingerprint density at radius 2 is 1.88 bits per heavy atom. The van der Waals surface area contributed by atoms with Crippen LogP contribution in [0.4, 0.5) is 0 Å². The summed E-state index contributed by atoms with van der Waals surface area (Å²) in [6.07, 6.45) is 0. The summed E-state index contributed by atoms with van der Waals surface area (Å²) in [6.45, 7) is 0.588. The van der Waals surface area contributed by atoms with E-state index in [1.807, 2.05) is 49.5 Å². The summed E-state index contributed by atoms with van der Waals surface area (Å²) in [5.41, 5.74) is 2.60. The molecule has 0 saturated heterocycles. The van der Waals surface area contributed by atoms with E-state index in [1.165, 1.54) is 0 Å². The number of rotatable bonds is 3. The number of H-pyrrole nitrogens is 1. The van der Waals surface area contributed by atoms with Crippen molar-refractivity contribution < 1.29 is 0 Å². The molecule has 2 rings (SSSR count). The van der Waals surface area contributed by atoms with Crippen LogP contribution in [0.3, 0.4) is 0 Å². The maximum atomic E-state index is 11.7. The Kier molecular flexibility index (Phi) is 3.17. The fraction of sp³-hybridized carbons (Fsp3) is 0.154. The van der Waals surface area contributed by atoms with Crippen molar-refractivity contribution in [3.8, 4) is 11.3 Å². The number of benzene rings is 1. The van der Waals surface area contributed by atoms with E-state index in [0.717, 1.165) is 16.8 Å². The molecule has 1 heterocycles. The average molecular weight is 214 g/mol. The third-order valence-electron chi connectivity index (χ3n) is 2.44. The van der Waals surface area contributed by atoms with E-state index in [9.17, 15) is 4.79 Å². The SMILES string of the molecule is CNCc1ccc(-c2ccccc2)[nH]c1=O. The van der Waals surface area contributed by atoms with Crippen LogP contribution in [0.5, 0.6) is 0 Å². The molecule has 0 radical (unpaired) electrons. The second-order valence-electron chi connectivity index (χ2n) is 3.62. The molecule has 3 heteroatoms. The van der Waals surface area contributed by atoms with Crippen molar-refractivity contribution in [3.05, 3.63) is 58.4 Å². The van der Waals surface area contributed by atoms with Crippen molar-refractivity contribution in [2.24, 2.45) is 0 Å². The van der Waals surface area contributed by atoms with Crippen LogP contribution < -0.4 is 10.9 Å². The molecule has 0 atom stereocenters. The van der Waals surface area contributed by atoms with Gasteiger partial charge in [0.15, 0.2) is 0 Å². The summed E-state index contributed by atoms with van der Waals surface area (Å²) in [5, 5.41) is 2.96. The highest BCUT2D eigenvalue weighted by molar-refractivity contribution is 5.58. The van der Waals surface area contributed by atoms with E-state index in [2.05, 4.69) is 10.3 Å². The molecule has 2 aromatic rings. The summed E-state index contributed by atoms with van der Waals surface area (Å²) < 4.78 is 0. The minimum atomic E-state index is -0.0318. The molecule has 0 unspecified atom stereocenters. The average Bonchev–Trinajstić information content (AvgIpc) is 2.33. The van der Waals surface area contributed by atoms with Crippen molar-refractivity contribution in [2.75, 3.05) is 7.05 Å². The molecule has 1 aromatic heterocycles. The fourth-order valence-electron chi connectivity index (χ4n) is 1.62. The van der Waals surface area contributed by atoms with Gasteiger partial charge >= 0.3 is 0 Å². The predicted molar refractivity (Wildman–Crippen MR) is 65.3 cm³/mol. The van der Waals surface area contributed by atoms with Gasteiger partial charge in [0, 0.05) is 17.8 Å². The van der Waals surface area contributed by atoms with Crippen LogP contribution in [0.2, 0.25) is 0 Å². The fourth-order valence-corrected chi connectivity index (χ4v) is 1.62. The van der Waals surface area contributed by atoms with Crippen molar-refractivity contribution in [3.63, 3.8) is 0 Å². The Bertz CT molecular complexity index is 517. The second-order valence-corrected chi connectivity index (χ2v) is 3.62. The van der Waals surface area contributed by atoms with Crippen LogP contribution in [0.15, 0.2) is 47.3 Å². The maximum absolute atomic E-state index is 11.7. The Balaban J connectivity index is 2.39. The number of hydrogen-bond donors (Lipinski definition) is 2. The Morgan fingerprint density at radius 1 is 1.12 bits per heavy atom. The van der Waals surface area contributed by atoms with Gasteiger partial charge in [-0.2, -0.15) is 0 Å². The molecular formula is C13H14N2O. The van der Waals surface area contributed by atoms with Crippen LogP contribution in [0, 0.1) is 0 Å². The van der Waals surface area contributed by atoms with Crippen LogP contribution in [0.1, 0.15) is 5.56 Å². The molecule has 3 nitrogen and oxygen atoms in total. The smallest absolute Gasteiger partial charge is 0.252 e. The Morgan fingerprint density at radius 3 is 2.50 bits per heavy atom. The lowest BCUT2D eigenvalue weighted by Crippen LogP contribution is -2.18. The van der Waals surface area contributed by atoms with E-state index in [0.29, 0.717) is 6.54 Å². The van der Waals surface area contributed by atoms with Crippen molar-refractivity contribution in [1.82, 2.24) is 10.3 Å². The topological polar surface area (TPSA) is 44.9 Å². The third kappa shape index (κ3) is 2.20. The first-order valence-corrected chi connectivity index (χ1v) is 5.23. The number of nitrogens with one attached hydrogen (secondary N) is 2. The molecule has 0 aliphatic heterocycles. The number of aromatic nitrogens is 1. The zero-order chi connectivity index (χ0) is 11.4. The molecule has 16 heavy (non-hydrogen) atoms. The van der Waals surface area contributed by atoms with Crippen LogP contribution in [-0.4, -0.2) is 12.0 Å². The molecule has 0 saturated carbocycles. The third-order valence-corrected chi connectivity index (χ3v) is 2.44. The van der Waals surface area contributed by atoms with Crippen LogP contribution in [-0.2, 0) is 6.54 Å². The summed E-state index contributed by atoms with van der Waals surface area (Å²) in [7, 11) is 1.82. The maximum Gasteiger partial charge on any atom is 0.252 e. The van der Waals surface area contributed by atoms with E-state index in [-0.39, 0.29) is 5.56 Å². The molecule has 1 aromatic carbocycles. The van der Waals surface area contributed by atoms with Gasteiger partial charge in [0.25, 0.3) is 5.56 Å². The summed E-state index contributed by atoms with van der Waals surface area (Å²) in [6, 6.07) is 13.6. The Hall–Kier alpha value is -1.87. The van der Waals surface area contributed by atoms with Gasteiger partial charge in [0.05, 0.1) is 0 Å². The molecule has 0 spiro atoms. The van der Waals surface area contributed by atoms with Gasteiger partial charge in [-0.25, -0.2) is 0 Å². The lowest BCUT2D eigenvalue weighted by Gasteiger charge is -2.03.